The van der Waals surface area contributed by atoms with E-state index in [4.69, 9.17) is 5.26 Å². The summed E-state index contributed by atoms with van der Waals surface area (Å²) in [6.07, 6.45) is 9.68. The van der Waals surface area contributed by atoms with E-state index in [0.29, 0.717) is 11.5 Å². The van der Waals surface area contributed by atoms with Crippen molar-refractivity contribution in [3.63, 3.8) is 0 Å². The Morgan fingerprint density at radius 2 is 1.89 bits per heavy atom. The van der Waals surface area contributed by atoms with Gasteiger partial charge in [-0.1, -0.05) is 18.2 Å². The van der Waals surface area contributed by atoms with Crippen molar-refractivity contribution in [2.24, 2.45) is 0 Å². The van der Waals surface area contributed by atoms with Gasteiger partial charge in [-0.3, -0.25) is 10.1 Å². The first kappa shape index (κ1) is 19.2. The molecule has 142 valence electrons. The van der Waals surface area contributed by atoms with Crippen molar-refractivity contribution in [2.45, 2.75) is 44.3 Å². The average molecular weight is 364 g/mol. The molecule has 1 atom stereocenters. The lowest BCUT2D eigenvalue weighted by atomic mass is 9.88. The Kier molecular flexibility index (Phi) is 5.67. The molecule has 0 radical (unpaired) electrons. The number of nitrogens with zero attached hydrogens (tertiary/aromatic N) is 3. The second-order valence-electron chi connectivity index (χ2n) is 7.68. The highest BCUT2D eigenvalue weighted by Gasteiger charge is 2.43. The lowest BCUT2D eigenvalue weighted by Crippen LogP contribution is -2.66. The minimum atomic E-state index is -0.815. The van der Waals surface area contributed by atoms with Crippen LogP contribution in [0.25, 0.3) is 0 Å². The Morgan fingerprint density at radius 1 is 1.22 bits per heavy atom. The van der Waals surface area contributed by atoms with Gasteiger partial charge in [0.25, 0.3) is 5.91 Å². The Hall–Kier alpha value is -2.58. The van der Waals surface area contributed by atoms with E-state index >= 15 is 0 Å². The number of rotatable bonds is 4. The summed E-state index contributed by atoms with van der Waals surface area (Å²) in [5, 5.41) is 12.4. The maximum Gasteiger partial charge on any atom is 0.267 e. The highest BCUT2D eigenvalue weighted by Crippen LogP contribution is 2.30. The Bertz CT molecular complexity index is 766. The van der Waals surface area contributed by atoms with Crippen LogP contribution in [0.15, 0.2) is 48.7 Å². The highest BCUT2D eigenvalue weighted by atomic mass is 16.2. The van der Waals surface area contributed by atoms with Crippen molar-refractivity contribution >= 4 is 5.91 Å². The molecule has 1 amide bonds. The van der Waals surface area contributed by atoms with Crippen molar-refractivity contribution in [1.82, 2.24) is 15.1 Å². The number of hydrogen-bond donors (Lipinski definition) is 1. The molecular weight excluding hydrogens is 336 g/mol. The molecule has 0 bridgehead atoms. The van der Waals surface area contributed by atoms with Crippen molar-refractivity contribution in [3.05, 3.63) is 59.8 Å². The summed E-state index contributed by atoms with van der Waals surface area (Å²) < 4.78 is 0. The zero-order valence-corrected chi connectivity index (χ0v) is 16.4. The van der Waals surface area contributed by atoms with Crippen LogP contribution in [0.4, 0.5) is 0 Å². The van der Waals surface area contributed by atoms with Crippen LogP contribution in [0.3, 0.4) is 0 Å². The van der Waals surface area contributed by atoms with Gasteiger partial charge >= 0.3 is 0 Å². The first-order chi connectivity index (χ1) is 13.0. The van der Waals surface area contributed by atoms with Crippen molar-refractivity contribution in [2.75, 3.05) is 20.1 Å². The molecule has 2 aliphatic heterocycles. The second-order valence-corrected chi connectivity index (χ2v) is 7.68. The van der Waals surface area contributed by atoms with Gasteiger partial charge in [0, 0.05) is 32.4 Å². The van der Waals surface area contributed by atoms with Crippen molar-refractivity contribution < 1.29 is 4.79 Å². The normalized spacial score (nSPS) is 22.9. The zero-order valence-electron chi connectivity index (χ0n) is 16.4. The van der Waals surface area contributed by atoms with Gasteiger partial charge in [0.05, 0.1) is 11.6 Å². The number of carbonyl (C=O) groups excluding carboxylic acids is 1. The number of amides is 1. The number of likely N-dealkylation sites (tertiary alicyclic amines) is 1. The van der Waals surface area contributed by atoms with E-state index in [0.717, 1.165) is 25.9 Å². The Balaban J connectivity index is 1.70. The molecule has 1 N–H and O–H groups in total. The molecule has 1 aromatic carbocycles. The molecule has 1 aromatic rings. The van der Waals surface area contributed by atoms with Crippen LogP contribution in [-0.2, 0) is 4.79 Å². The Morgan fingerprint density at radius 3 is 2.44 bits per heavy atom. The number of piperidine rings is 1. The number of allylic oxidation sites excluding steroid dienone is 2. The number of carbonyl (C=O) groups is 1. The summed E-state index contributed by atoms with van der Waals surface area (Å²) >= 11 is 0. The van der Waals surface area contributed by atoms with Crippen LogP contribution in [0, 0.1) is 11.3 Å². The van der Waals surface area contributed by atoms with E-state index in [1.54, 1.807) is 0 Å². The molecule has 5 heteroatoms. The molecule has 1 saturated heterocycles. The summed E-state index contributed by atoms with van der Waals surface area (Å²) in [4.78, 5) is 17.4. The average Bonchev–Trinajstić information content (AvgIpc) is 2.69. The van der Waals surface area contributed by atoms with Gasteiger partial charge < -0.3 is 9.80 Å². The fourth-order valence-electron chi connectivity index (χ4n) is 3.97. The van der Waals surface area contributed by atoms with E-state index < -0.39 is 5.66 Å². The quantitative estimate of drug-likeness (QED) is 0.892. The third-order valence-electron chi connectivity index (χ3n) is 5.44. The van der Waals surface area contributed by atoms with Gasteiger partial charge in [-0.05, 0) is 62.5 Å². The van der Waals surface area contributed by atoms with Gasteiger partial charge in [-0.2, -0.15) is 5.26 Å². The number of nitriles is 1. The first-order valence-corrected chi connectivity index (χ1v) is 9.62. The van der Waals surface area contributed by atoms with Gasteiger partial charge in [0.2, 0.25) is 0 Å². The van der Waals surface area contributed by atoms with Gasteiger partial charge in [-0.15, -0.1) is 0 Å². The Labute approximate surface area is 162 Å². The van der Waals surface area contributed by atoms with Crippen LogP contribution in [0.1, 0.15) is 43.7 Å². The van der Waals surface area contributed by atoms with Crippen LogP contribution in [0.2, 0.25) is 0 Å². The molecule has 3 rings (SSSR count). The molecule has 0 aliphatic carbocycles. The topological polar surface area (TPSA) is 59.4 Å². The van der Waals surface area contributed by atoms with Gasteiger partial charge in [0.15, 0.2) is 5.66 Å². The van der Waals surface area contributed by atoms with E-state index in [1.807, 2.05) is 65.5 Å². The minimum Gasteiger partial charge on any atom is -0.352 e. The third kappa shape index (κ3) is 3.91. The largest absolute Gasteiger partial charge is 0.352 e. The summed E-state index contributed by atoms with van der Waals surface area (Å²) in [6.45, 7) is 5.62. The van der Waals surface area contributed by atoms with Crippen LogP contribution in [0.5, 0.6) is 0 Å². The monoisotopic (exact) mass is 364 g/mol. The standard InChI is InChI=1S/C22H28N4O/c1-17(2)24-22(12-4-5-13-25(22)3)21(27)26-14-10-20(11-15-26)19-8-6-18(16-23)7-9-19/h4-9,12-13,17,20,24H,10-11,14-15H2,1-3H3. The molecule has 1 fully saturated rings. The molecule has 0 saturated carbocycles. The minimum absolute atomic E-state index is 0.109. The number of hydrogen-bond acceptors (Lipinski definition) is 4. The zero-order chi connectivity index (χ0) is 19.4. The second kappa shape index (κ2) is 7.98. The van der Waals surface area contributed by atoms with E-state index in [-0.39, 0.29) is 11.9 Å². The maximum atomic E-state index is 13.4. The number of nitrogens with one attached hydrogen (secondary N) is 1. The molecule has 2 aliphatic rings. The van der Waals surface area contributed by atoms with E-state index in [2.05, 4.69) is 25.2 Å². The van der Waals surface area contributed by atoms with E-state index in [1.165, 1.54) is 5.56 Å². The summed E-state index contributed by atoms with van der Waals surface area (Å²) in [5.41, 5.74) is 1.13. The molecular formula is C22H28N4O. The number of likely N-dealkylation sites (N-methyl/N-ethyl adjacent to an activating group) is 1. The molecule has 5 nitrogen and oxygen atoms in total. The van der Waals surface area contributed by atoms with Crippen LogP contribution < -0.4 is 5.32 Å². The molecule has 1 unspecified atom stereocenters. The molecule has 27 heavy (non-hydrogen) atoms. The van der Waals surface area contributed by atoms with Crippen LogP contribution >= 0.6 is 0 Å². The lowest BCUT2D eigenvalue weighted by molar-refractivity contribution is -0.143. The predicted octanol–water partition coefficient (Wildman–Crippen LogP) is 2.97. The van der Waals surface area contributed by atoms with Crippen molar-refractivity contribution in [3.8, 4) is 6.07 Å². The first-order valence-electron chi connectivity index (χ1n) is 9.62. The summed E-state index contributed by atoms with van der Waals surface area (Å²) in [5.74, 6) is 0.549. The SMILES string of the molecule is CC(C)NC1(C(=O)N2CCC(c3ccc(C#N)cc3)CC2)C=CC=CN1C. The summed E-state index contributed by atoms with van der Waals surface area (Å²) in [6, 6.07) is 10.2. The summed E-state index contributed by atoms with van der Waals surface area (Å²) in [7, 11) is 1.94. The van der Waals surface area contributed by atoms with Crippen LogP contribution in [-0.4, -0.2) is 47.5 Å². The van der Waals surface area contributed by atoms with E-state index in [9.17, 15) is 4.79 Å². The highest BCUT2D eigenvalue weighted by molar-refractivity contribution is 5.89. The molecule has 2 heterocycles. The fourth-order valence-corrected chi connectivity index (χ4v) is 3.97. The smallest absolute Gasteiger partial charge is 0.267 e. The molecule has 0 aromatic heterocycles. The number of benzene rings is 1. The maximum absolute atomic E-state index is 13.4. The third-order valence-corrected chi connectivity index (χ3v) is 5.44. The predicted molar refractivity (Wildman–Crippen MR) is 107 cm³/mol. The lowest BCUT2D eigenvalue weighted by Gasteiger charge is -2.45. The van der Waals surface area contributed by atoms with Gasteiger partial charge in [-0.25, -0.2) is 0 Å². The molecule has 0 spiro atoms. The van der Waals surface area contributed by atoms with Gasteiger partial charge in [0.1, 0.15) is 0 Å². The van der Waals surface area contributed by atoms with Crippen molar-refractivity contribution in [1.29, 1.82) is 5.26 Å². The fraction of sp³-hybridized carbons (Fsp3) is 0.455.